The standard InChI is InChI=1S/C22H22N2O5/c1-26-18-6-4-16(12-20(18)28-3)22(25)24-17-5-7-19(27-2)21(13-17)29-14-15-8-10-23-11-9-15/h4-13H,14H2,1-3H3,(H,24,25). The summed E-state index contributed by atoms with van der Waals surface area (Å²) in [6.45, 7) is 0.353. The van der Waals surface area contributed by atoms with Crippen molar-refractivity contribution in [1.82, 2.24) is 4.98 Å². The monoisotopic (exact) mass is 394 g/mol. The fraction of sp³-hybridized carbons (Fsp3) is 0.182. The summed E-state index contributed by atoms with van der Waals surface area (Å²) in [5.74, 6) is 1.85. The van der Waals surface area contributed by atoms with Crippen LogP contribution in [0.5, 0.6) is 23.0 Å². The lowest BCUT2D eigenvalue weighted by Crippen LogP contribution is -2.12. The Morgan fingerprint density at radius 1 is 0.828 bits per heavy atom. The van der Waals surface area contributed by atoms with Crippen molar-refractivity contribution in [3.63, 3.8) is 0 Å². The van der Waals surface area contributed by atoms with Crippen molar-refractivity contribution in [2.75, 3.05) is 26.6 Å². The first-order valence-electron chi connectivity index (χ1n) is 8.87. The summed E-state index contributed by atoms with van der Waals surface area (Å²) in [5, 5.41) is 2.86. The molecule has 0 fully saturated rings. The SMILES string of the molecule is COc1ccc(C(=O)Nc2ccc(OC)c(OCc3ccncc3)c2)cc1OC. The Morgan fingerprint density at radius 2 is 1.48 bits per heavy atom. The van der Waals surface area contributed by atoms with Crippen LogP contribution in [0.25, 0.3) is 0 Å². The molecule has 0 atom stereocenters. The summed E-state index contributed by atoms with van der Waals surface area (Å²) in [6, 6.07) is 13.9. The number of benzene rings is 2. The minimum Gasteiger partial charge on any atom is -0.493 e. The molecular formula is C22H22N2O5. The Balaban J connectivity index is 1.76. The number of carbonyl (C=O) groups excluding carboxylic acids is 1. The van der Waals surface area contributed by atoms with Gasteiger partial charge in [-0.15, -0.1) is 0 Å². The van der Waals surface area contributed by atoms with E-state index in [-0.39, 0.29) is 5.91 Å². The number of rotatable bonds is 8. The summed E-state index contributed by atoms with van der Waals surface area (Å²) in [7, 11) is 4.63. The molecule has 1 N–H and O–H groups in total. The number of carbonyl (C=O) groups is 1. The molecule has 0 unspecified atom stereocenters. The number of pyridine rings is 1. The van der Waals surface area contributed by atoms with Crippen molar-refractivity contribution >= 4 is 11.6 Å². The first-order chi connectivity index (χ1) is 14.1. The summed E-state index contributed by atoms with van der Waals surface area (Å²) in [5.41, 5.74) is 2.00. The summed E-state index contributed by atoms with van der Waals surface area (Å²) in [6.07, 6.45) is 3.41. The van der Waals surface area contributed by atoms with Gasteiger partial charge in [-0.3, -0.25) is 9.78 Å². The van der Waals surface area contributed by atoms with E-state index in [0.717, 1.165) is 5.56 Å². The van der Waals surface area contributed by atoms with Gasteiger partial charge in [-0.2, -0.15) is 0 Å². The van der Waals surface area contributed by atoms with Crippen LogP contribution in [0.15, 0.2) is 60.9 Å². The molecule has 1 heterocycles. The molecule has 1 amide bonds. The van der Waals surface area contributed by atoms with E-state index in [4.69, 9.17) is 18.9 Å². The van der Waals surface area contributed by atoms with Crippen LogP contribution < -0.4 is 24.3 Å². The molecule has 2 aromatic carbocycles. The number of nitrogens with one attached hydrogen (secondary N) is 1. The first-order valence-corrected chi connectivity index (χ1v) is 8.87. The Bertz CT molecular complexity index is 976. The number of methoxy groups -OCH3 is 3. The van der Waals surface area contributed by atoms with Gasteiger partial charge in [0.1, 0.15) is 6.61 Å². The molecular weight excluding hydrogens is 372 g/mol. The van der Waals surface area contributed by atoms with Crippen LogP contribution in [0, 0.1) is 0 Å². The van der Waals surface area contributed by atoms with E-state index in [0.29, 0.717) is 40.9 Å². The van der Waals surface area contributed by atoms with Crippen LogP contribution in [-0.2, 0) is 6.61 Å². The van der Waals surface area contributed by atoms with Crippen LogP contribution in [0.4, 0.5) is 5.69 Å². The number of hydrogen-bond donors (Lipinski definition) is 1. The maximum absolute atomic E-state index is 12.6. The van der Waals surface area contributed by atoms with Crippen molar-refractivity contribution in [3.05, 3.63) is 72.1 Å². The predicted molar refractivity (Wildman–Crippen MR) is 109 cm³/mol. The second-order valence-corrected chi connectivity index (χ2v) is 6.03. The van der Waals surface area contributed by atoms with Crippen LogP contribution in [0.2, 0.25) is 0 Å². The van der Waals surface area contributed by atoms with Gasteiger partial charge in [0, 0.05) is 29.7 Å². The predicted octanol–water partition coefficient (Wildman–Crippen LogP) is 3.94. The zero-order valence-corrected chi connectivity index (χ0v) is 16.5. The third-order valence-corrected chi connectivity index (χ3v) is 4.21. The lowest BCUT2D eigenvalue weighted by Gasteiger charge is -2.14. The fourth-order valence-electron chi connectivity index (χ4n) is 2.69. The van der Waals surface area contributed by atoms with Gasteiger partial charge in [0.2, 0.25) is 0 Å². The van der Waals surface area contributed by atoms with Gasteiger partial charge in [0.25, 0.3) is 5.91 Å². The molecule has 7 heteroatoms. The van der Waals surface area contributed by atoms with Crippen molar-refractivity contribution in [2.45, 2.75) is 6.61 Å². The smallest absolute Gasteiger partial charge is 0.255 e. The average Bonchev–Trinajstić information content (AvgIpc) is 2.78. The topological polar surface area (TPSA) is 78.9 Å². The van der Waals surface area contributed by atoms with Crippen LogP contribution >= 0.6 is 0 Å². The number of hydrogen-bond acceptors (Lipinski definition) is 6. The van der Waals surface area contributed by atoms with Gasteiger partial charge in [0.05, 0.1) is 21.3 Å². The maximum Gasteiger partial charge on any atom is 0.255 e. The van der Waals surface area contributed by atoms with Crippen molar-refractivity contribution in [3.8, 4) is 23.0 Å². The molecule has 0 saturated heterocycles. The highest BCUT2D eigenvalue weighted by Gasteiger charge is 2.13. The highest BCUT2D eigenvalue weighted by Crippen LogP contribution is 2.32. The van der Waals surface area contributed by atoms with E-state index < -0.39 is 0 Å². The Labute approximate surface area is 169 Å². The van der Waals surface area contributed by atoms with Crippen LogP contribution in [0.1, 0.15) is 15.9 Å². The summed E-state index contributed by atoms with van der Waals surface area (Å²) >= 11 is 0. The minimum atomic E-state index is -0.281. The average molecular weight is 394 g/mol. The number of anilines is 1. The molecule has 3 aromatic rings. The molecule has 150 valence electrons. The van der Waals surface area contributed by atoms with E-state index in [2.05, 4.69) is 10.3 Å². The van der Waals surface area contributed by atoms with Gasteiger partial charge < -0.3 is 24.3 Å². The second-order valence-electron chi connectivity index (χ2n) is 6.03. The lowest BCUT2D eigenvalue weighted by molar-refractivity contribution is 0.102. The number of aromatic nitrogens is 1. The Hall–Kier alpha value is -3.74. The van der Waals surface area contributed by atoms with Gasteiger partial charge in [0.15, 0.2) is 23.0 Å². The molecule has 0 spiro atoms. The number of ether oxygens (including phenoxy) is 4. The second kappa shape index (κ2) is 9.45. The van der Waals surface area contributed by atoms with E-state index >= 15 is 0 Å². The zero-order valence-electron chi connectivity index (χ0n) is 16.5. The van der Waals surface area contributed by atoms with E-state index in [1.807, 2.05) is 12.1 Å². The first kappa shape index (κ1) is 20.0. The third kappa shape index (κ3) is 4.95. The molecule has 0 bridgehead atoms. The van der Waals surface area contributed by atoms with Gasteiger partial charge in [-0.05, 0) is 48.0 Å². The van der Waals surface area contributed by atoms with Gasteiger partial charge >= 0.3 is 0 Å². The molecule has 1 aromatic heterocycles. The molecule has 0 saturated carbocycles. The Morgan fingerprint density at radius 3 is 2.17 bits per heavy atom. The van der Waals surface area contributed by atoms with Gasteiger partial charge in [-0.25, -0.2) is 0 Å². The molecule has 7 nitrogen and oxygen atoms in total. The van der Waals surface area contributed by atoms with Crippen molar-refractivity contribution < 1.29 is 23.7 Å². The largest absolute Gasteiger partial charge is 0.493 e. The zero-order chi connectivity index (χ0) is 20.6. The molecule has 29 heavy (non-hydrogen) atoms. The fourth-order valence-corrected chi connectivity index (χ4v) is 2.69. The van der Waals surface area contributed by atoms with Crippen molar-refractivity contribution in [2.24, 2.45) is 0 Å². The lowest BCUT2D eigenvalue weighted by atomic mass is 10.1. The summed E-state index contributed by atoms with van der Waals surface area (Å²) in [4.78, 5) is 16.6. The molecule has 0 radical (unpaired) electrons. The number of nitrogens with zero attached hydrogens (tertiary/aromatic N) is 1. The highest BCUT2D eigenvalue weighted by molar-refractivity contribution is 6.04. The minimum absolute atomic E-state index is 0.281. The molecule has 0 aliphatic carbocycles. The van der Waals surface area contributed by atoms with Crippen LogP contribution in [0.3, 0.4) is 0 Å². The molecule has 3 rings (SSSR count). The molecule has 0 aliphatic rings. The van der Waals surface area contributed by atoms with Crippen molar-refractivity contribution in [1.29, 1.82) is 0 Å². The van der Waals surface area contributed by atoms with Crippen LogP contribution in [-0.4, -0.2) is 32.2 Å². The summed E-state index contributed by atoms with van der Waals surface area (Å²) < 4.78 is 21.7. The quantitative estimate of drug-likeness (QED) is 0.623. The highest BCUT2D eigenvalue weighted by atomic mass is 16.5. The normalized spacial score (nSPS) is 10.2. The van der Waals surface area contributed by atoms with E-state index in [9.17, 15) is 4.79 Å². The third-order valence-electron chi connectivity index (χ3n) is 4.21. The Kier molecular flexibility index (Phi) is 6.52. The van der Waals surface area contributed by atoms with E-state index in [1.54, 1.807) is 63.0 Å². The number of amides is 1. The van der Waals surface area contributed by atoms with Gasteiger partial charge in [-0.1, -0.05) is 0 Å². The van der Waals surface area contributed by atoms with E-state index in [1.165, 1.54) is 7.11 Å². The molecule has 0 aliphatic heterocycles. The maximum atomic E-state index is 12.6.